The average Bonchev–Trinajstić information content (AvgIpc) is 3.80. The van der Waals surface area contributed by atoms with Crippen LogP contribution in [0.15, 0.2) is 98.1 Å². The van der Waals surface area contributed by atoms with Crippen LogP contribution < -0.4 is 4.90 Å². The molecule has 51 heavy (non-hydrogen) atoms. The SMILES string of the molecule is C=CCCC(=O)N(C)[C@@H](C)[C@@H](OC(=O)[C@@H]1[C@H]2C(=O)N(CCCO)[C@H](C(=O)N(CC=C)c3ccc4ccccc4c3)[C@]23CC[C@H]1O3)c1ccccc1. The van der Waals surface area contributed by atoms with Crippen molar-refractivity contribution in [1.82, 2.24) is 9.80 Å². The molecular formula is C41H47N3O7. The smallest absolute Gasteiger partial charge is 0.313 e. The van der Waals surface area contributed by atoms with Crippen molar-refractivity contribution in [1.29, 1.82) is 0 Å². The Labute approximate surface area is 299 Å². The number of rotatable bonds is 15. The minimum absolute atomic E-state index is 0.107. The highest BCUT2D eigenvalue weighted by atomic mass is 16.6. The third-order valence-electron chi connectivity index (χ3n) is 10.9. The molecule has 3 fully saturated rings. The van der Waals surface area contributed by atoms with Gasteiger partial charge in [0.25, 0.3) is 5.91 Å². The summed E-state index contributed by atoms with van der Waals surface area (Å²) in [5.74, 6) is -3.29. The van der Waals surface area contributed by atoms with Crippen molar-refractivity contribution in [2.24, 2.45) is 11.8 Å². The highest BCUT2D eigenvalue weighted by Gasteiger charge is 2.75. The van der Waals surface area contributed by atoms with Crippen molar-refractivity contribution in [3.8, 4) is 0 Å². The first-order chi connectivity index (χ1) is 24.7. The van der Waals surface area contributed by atoms with Gasteiger partial charge in [0.1, 0.15) is 17.7 Å². The normalized spacial score (nSPS) is 24.5. The second-order valence-electron chi connectivity index (χ2n) is 13.8. The summed E-state index contributed by atoms with van der Waals surface area (Å²) in [5, 5.41) is 11.8. The molecule has 0 radical (unpaired) electrons. The Bertz CT molecular complexity index is 1800. The quantitative estimate of drug-likeness (QED) is 0.172. The van der Waals surface area contributed by atoms with E-state index < -0.39 is 47.7 Å². The first kappa shape index (κ1) is 36.0. The van der Waals surface area contributed by atoms with Crippen molar-refractivity contribution in [3.63, 3.8) is 0 Å². The minimum Gasteiger partial charge on any atom is -0.455 e. The van der Waals surface area contributed by atoms with Gasteiger partial charge in [-0.15, -0.1) is 13.2 Å². The number of aliphatic hydroxyl groups excluding tert-OH is 1. The number of hydrogen-bond acceptors (Lipinski definition) is 7. The summed E-state index contributed by atoms with van der Waals surface area (Å²) in [6.07, 6.45) is 3.86. The number of aliphatic hydroxyl groups is 1. The number of benzene rings is 3. The molecule has 3 aliphatic heterocycles. The van der Waals surface area contributed by atoms with E-state index in [1.54, 1.807) is 29.0 Å². The van der Waals surface area contributed by atoms with Crippen LogP contribution in [0.25, 0.3) is 10.8 Å². The molecule has 3 heterocycles. The predicted molar refractivity (Wildman–Crippen MR) is 194 cm³/mol. The fourth-order valence-electron chi connectivity index (χ4n) is 8.25. The number of fused-ring (bicyclic) bond motifs is 2. The van der Waals surface area contributed by atoms with Gasteiger partial charge in [0, 0.05) is 38.9 Å². The van der Waals surface area contributed by atoms with E-state index in [9.17, 15) is 24.3 Å². The van der Waals surface area contributed by atoms with E-state index in [0.29, 0.717) is 30.5 Å². The lowest BCUT2D eigenvalue weighted by Gasteiger charge is -2.37. The second-order valence-corrected chi connectivity index (χ2v) is 13.8. The fraction of sp³-hybridized carbons (Fsp3) is 0.415. The third-order valence-corrected chi connectivity index (χ3v) is 10.9. The van der Waals surface area contributed by atoms with E-state index in [1.165, 1.54) is 4.90 Å². The number of likely N-dealkylation sites (tertiary alicyclic amines) is 1. The van der Waals surface area contributed by atoms with Crippen molar-refractivity contribution in [2.45, 2.75) is 68.9 Å². The van der Waals surface area contributed by atoms with E-state index in [1.807, 2.05) is 79.7 Å². The molecule has 10 nitrogen and oxygen atoms in total. The fourth-order valence-corrected chi connectivity index (χ4v) is 8.25. The summed E-state index contributed by atoms with van der Waals surface area (Å²) in [5.41, 5.74) is 0.119. The Morgan fingerprint density at radius 2 is 1.78 bits per heavy atom. The van der Waals surface area contributed by atoms with Crippen LogP contribution in [-0.4, -0.2) is 89.1 Å². The number of allylic oxidation sites excluding steroid dienone is 1. The first-order valence-electron chi connectivity index (χ1n) is 17.8. The lowest BCUT2D eigenvalue weighted by atomic mass is 9.70. The molecule has 3 aromatic rings. The average molecular weight is 694 g/mol. The van der Waals surface area contributed by atoms with Gasteiger partial charge in [-0.05, 0) is 61.1 Å². The van der Waals surface area contributed by atoms with Crippen molar-refractivity contribution < 1.29 is 33.8 Å². The Balaban J connectivity index is 1.33. The molecule has 0 saturated carbocycles. The van der Waals surface area contributed by atoms with Crippen LogP contribution in [0.3, 0.4) is 0 Å². The van der Waals surface area contributed by atoms with Crippen LogP contribution in [0.2, 0.25) is 0 Å². The highest BCUT2D eigenvalue weighted by Crippen LogP contribution is 2.59. The molecule has 7 atom stereocenters. The van der Waals surface area contributed by atoms with Crippen LogP contribution in [-0.2, 0) is 28.7 Å². The summed E-state index contributed by atoms with van der Waals surface area (Å²) in [4.78, 5) is 61.5. The summed E-state index contributed by atoms with van der Waals surface area (Å²) >= 11 is 0. The summed E-state index contributed by atoms with van der Waals surface area (Å²) < 4.78 is 13.0. The van der Waals surface area contributed by atoms with Crippen LogP contribution in [0.5, 0.6) is 0 Å². The summed E-state index contributed by atoms with van der Waals surface area (Å²) in [6, 6.07) is 21.4. The van der Waals surface area contributed by atoms with E-state index in [0.717, 1.165) is 10.8 Å². The van der Waals surface area contributed by atoms with Gasteiger partial charge in [-0.1, -0.05) is 72.8 Å². The molecule has 1 spiro atoms. The number of amides is 3. The van der Waals surface area contributed by atoms with Crippen LogP contribution in [0, 0.1) is 11.8 Å². The number of carbonyl (C=O) groups is 4. The van der Waals surface area contributed by atoms with Crippen molar-refractivity contribution in [3.05, 3.63) is 104 Å². The van der Waals surface area contributed by atoms with E-state index in [-0.39, 0.29) is 50.3 Å². The molecule has 3 aliphatic rings. The Hall–Kier alpha value is -4.80. The largest absolute Gasteiger partial charge is 0.455 e. The molecule has 10 heteroatoms. The zero-order valence-corrected chi connectivity index (χ0v) is 29.4. The van der Waals surface area contributed by atoms with Crippen LogP contribution >= 0.6 is 0 Å². The molecule has 2 bridgehead atoms. The van der Waals surface area contributed by atoms with Gasteiger partial charge < -0.3 is 29.3 Å². The van der Waals surface area contributed by atoms with Crippen LogP contribution in [0.1, 0.15) is 50.7 Å². The summed E-state index contributed by atoms with van der Waals surface area (Å²) in [6.45, 7) is 9.60. The van der Waals surface area contributed by atoms with Crippen molar-refractivity contribution >= 4 is 40.2 Å². The second kappa shape index (κ2) is 15.2. The standard InChI is InChI=1S/C41H47N3O7/c1-5-7-18-33(46)42(4)27(3)36(29-15-9-8-10-16-29)50-40(49)34-32-21-22-41(51-32)35(34)38(47)44(24-13-25-45)37(41)39(48)43(23-6-2)31-20-19-28-14-11-12-17-30(28)26-31/h5-6,8-12,14-17,19-20,26-27,32,34-37,45H,1-2,7,13,18,21-25H2,3-4H3/t27-,32+,34-,35-,36+,37+,41-/m0/s1. The molecule has 3 aromatic carbocycles. The lowest BCUT2D eigenvalue weighted by Crippen LogP contribution is -2.56. The number of esters is 1. The highest BCUT2D eigenvalue weighted by molar-refractivity contribution is 6.05. The van der Waals surface area contributed by atoms with Gasteiger partial charge >= 0.3 is 5.97 Å². The Morgan fingerprint density at radius 3 is 2.49 bits per heavy atom. The molecule has 6 rings (SSSR count). The zero-order chi connectivity index (χ0) is 36.3. The van der Waals surface area contributed by atoms with E-state index in [4.69, 9.17) is 9.47 Å². The molecular weight excluding hydrogens is 646 g/mol. The predicted octanol–water partition coefficient (Wildman–Crippen LogP) is 5.21. The monoisotopic (exact) mass is 693 g/mol. The molecule has 0 aromatic heterocycles. The number of anilines is 1. The molecule has 3 amide bonds. The van der Waals surface area contributed by atoms with Gasteiger partial charge in [-0.25, -0.2) is 0 Å². The topological polar surface area (TPSA) is 117 Å². The minimum atomic E-state index is -1.25. The zero-order valence-electron chi connectivity index (χ0n) is 29.4. The third kappa shape index (κ3) is 6.58. The maximum atomic E-state index is 14.8. The number of nitrogens with zero attached hydrogens (tertiary/aromatic N) is 3. The van der Waals surface area contributed by atoms with Crippen LogP contribution in [0.4, 0.5) is 5.69 Å². The molecule has 0 unspecified atom stereocenters. The van der Waals surface area contributed by atoms with Gasteiger partial charge in [-0.2, -0.15) is 0 Å². The maximum absolute atomic E-state index is 14.8. The molecule has 0 aliphatic carbocycles. The van der Waals surface area contributed by atoms with Crippen molar-refractivity contribution in [2.75, 3.05) is 31.6 Å². The van der Waals surface area contributed by atoms with Gasteiger partial charge in [-0.3, -0.25) is 19.2 Å². The number of hydrogen-bond donors (Lipinski definition) is 1. The van der Waals surface area contributed by atoms with E-state index in [2.05, 4.69) is 13.2 Å². The van der Waals surface area contributed by atoms with Gasteiger partial charge in [0.05, 0.1) is 24.0 Å². The molecule has 1 N–H and O–H groups in total. The number of ether oxygens (including phenoxy) is 2. The van der Waals surface area contributed by atoms with Gasteiger partial charge in [0.15, 0.2) is 0 Å². The Kier molecular flexibility index (Phi) is 10.7. The van der Waals surface area contributed by atoms with Gasteiger partial charge in [0.2, 0.25) is 11.8 Å². The number of carbonyl (C=O) groups excluding carboxylic acids is 4. The molecule has 3 saturated heterocycles. The number of likely N-dealkylation sites (N-methyl/N-ethyl adjacent to an activating group) is 1. The molecule has 268 valence electrons. The lowest BCUT2D eigenvalue weighted by molar-refractivity contribution is -0.164. The Morgan fingerprint density at radius 1 is 1.06 bits per heavy atom. The maximum Gasteiger partial charge on any atom is 0.313 e. The first-order valence-corrected chi connectivity index (χ1v) is 17.8. The summed E-state index contributed by atoms with van der Waals surface area (Å²) in [7, 11) is 1.69. The van der Waals surface area contributed by atoms with E-state index >= 15 is 0 Å².